The van der Waals surface area contributed by atoms with Gasteiger partial charge in [0, 0.05) is 28.5 Å². The zero-order valence-electron chi connectivity index (χ0n) is 14.2. The molecule has 2 heterocycles. The van der Waals surface area contributed by atoms with Crippen LogP contribution in [0.3, 0.4) is 0 Å². The number of anilines is 1. The van der Waals surface area contributed by atoms with Crippen molar-refractivity contribution in [1.29, 1.82) is 0 Å². The fourth-order valence-electron chi connectivity index (χ4n) is 2.73. The van der Waals surface area contributed by atoms with Crippen LogP contribution in [0.25, 0.3) is 0 Å². The zero-order valence-corrected chi connectivity index (χ0v) is 16.6. The molecule has 0 aliphatic carbocycles. The monoisotopic (exact) mass is 435 g/mol. The molecule has 0 saturated heterocycles. The van der Waals surface area contributed by atoms with Crippen molar-refractivity contribution >= 4 is 43.1 Å². The fourth-order valence-corrected chi connectivity index (χ4v) is 3.84. The van der Waals surface area contributed by atoms with E-state index in [1.807, 2.05) is 30.3 Å². The van der Waals surface area contributed by atoms with E-state index in [-0.39, 0.29) is 30.5 Å². The van der Waals surface area contributed by atoms with Gasteiger partial charge in [0.15, 0.2) is 9.84 Å². The maximum Gasteiger partial charge on any atom is 0.248 e. The van der Waals surface area contributed by atoms with Crippen molar-refractivity contribution in [2.75, 3.05) is 29.5 Å². The van der Waals surface area contributed by atoms with Crippen LogP contribution >= 0.6 is 15.9 Å². The lowest BCUT2D eigenvalue weighted by Crippen LogP contribution is -2.36. The maximum absolute atomic E-state index is 12.6. The minimum atomic E-state index is -3.18. The minimum Gasteiger partial charge on any atom is -0.309 e. The van der Waals surface area contributed by atoms with Crippen LogP contribution in [0.1, 0.15) is 18.2 Å². The molecule has 1 aliphatic heterocycles. The Hall–Kier alpha value is -2.06. The Kier molecular flexibility index (Phi) is 5.52. The van der Waals surface area contributed by atoms with Crippen LogP contribution in [0.5, 0.6) is 0 Å². The van der Waals surface area contributed by atoms with Crippen molar-refractivity contribution < 1.29 is 13.2 Å². The first-order valence-electron chi connectivity index (χ1n) is 8.18. The van der Waals surface area contributed by atoms with Crippen molar-refractivity contribution in [3.8, 4) is 0 Å². The number of carbonyl (C=O) groups is 1. The molecule has 0 saturated carbocycles. The van der Waals surface area contributed by atoms with E-state index in [0.29, 0.717) is 17.1 Å². The summed E-state index contributed by atoms with van der Waals surface area (Å²) in [6, 6.07) is 11.0. The largest absolute Gasteiger partial charge is 0.309 e. The second-order valence-corrected chi connectivity index (χ2v) is 9.21. The Morgan fingerprint density at radius 2 is 2.04 bits per heavy atom. The summed E-state index contributed by atoms with van der Waals surface area (Å²) in [6.07, 6.45) is 1.67. The summed E-state index contributed by atoms with van der Waals surface area (Å²) < 4.78 is 24.6. The van der Waals surface area contributed by atoms with E-state index >= 15 is 0 Å². The smallest absolute Gasteiger partial charge is 0.248 e. The van der Waals surface area contributed by atoms with Gasteiger partial charge in [-0.15, -0.1) is 0 Å². The second kappa shape index (κ2) is 7.67. The minimum absolute atomic E-state index is 0.0512. The SMILES string of the molecule is CCS(=O)(=O)CCN1C(=O)CN=C(c2ccccn2)c2cc(Br)ccc21. The number of aliphatic imine (C=N–C) groups is 1. The lowest BCUT2D eigenvalue weighted by molar-refractivity contribution is -0.117. The number of carbonyl (C=O) groups excluding carboxylic acids is 1. The van der Waals surface area contributed by atoms with Gasteiger partial charge in [0.25, 0.3) is 0 Å². The predicted octanol–water partition coefficient (Wildman–Crippen LogP) is 2.46. The third-order valence-corrected chi connectivity index (χ3v) is 6.33. The van der Waals surface area contributed by atoms with Crippen LogP contribution in [0.2, 0.25) is 0 Å². The number of benzodiazepines with no additional fused rings is 1. The van der Waals surface area contributed by atoms with Crippen molar-refractivity contribution in [1.82, 2.24) is 4.98 Å². The van der Waals surface area contributed by atoms with Gasteiger partial charge in [-0.1, -0.05) is 28.9 Å². The standard InChI is InChI=1S/C18H18BrN3O3S/c1-2-26(24,25)10-9-22-16-7-6-13(19)11-14(16)18(21-12-17(22)23)15-5-3-4-8-20-15/h3-8,11H,2,9-10,12H2,1H3. The number of nitrogens with zero attached hydrogens (tertiary/aromatic N) is 3. The first kappa shape index (κ1) is 18.7. The molecule has 2 aromatic rings. The molecule has 1 amide bonds. The van der Waals surface area contributed by atoms with E-state index in [9.17, 15) is 13.2 Å². The number of benzene rings is 1. The summed E-state index contributed by atoms with van der Waals surface area (Å²) in [5.41, 5.74) is 2.68. The summed E-state index contributed by atoms with van der Waals surface area (Å²) >= 11 is 3.46. The quantitative estimate of drug-likeness (QED) is 0.722. The molecule has 1 aromatic heterocycles. The number of pyridine rings is 1. The van der Waals surface area contributed by atoms with Crippen LogP contribution in [0.4, 0.5) is 5.69 Å². The molecule has 8 heteroatoms. The number of sulfone groups is 1. The number of hydrogen-bond acceptors (Lipinski definition) is 5. The number of fused-ring (bicyclic) bond motifs is 1. The fraction of sp³-hybridized carbons (Fsp3) is 0.278. The normalized spacial score (nSPS) is 14.6. The molecule has 3 rings (SSSR count). The lowest BCUT2D eigenvalue weighted by Gasteiger charge is -2.23. The van der Waals surface area contributed by atoms with E-state index in [1.165, 1.54) is 4.90 Å². The average Bonchev–Trinajstić information content (AvgIpc) is 2.77. The highest BCUT2D eigenvalue weighted by molar-refractivity contribution is 9.10. The highest BCUT2D eigenvalue weighted by atomic mass is 79.9. The molecule has 0 N–H and O–H groups in total. The van der Waals surface area contributed by atoms with E-state index < -0.39 is 9.84 Å². The molecule has 1 aromatic carbocycles. The summed E-state index contributed by atoms with van der Waals surface area (Å²) in [5, 5.41) is 0. The van der Waals surface area contributed by atoms with Crippen LogP contribution in [0.15, 0.2) is 52.1 Å². The Morgan fingerprint density at radius 1 is 1.23 bits per heavy atom. The lowest BCUT2D eigenvalue weighted by atomic mass is 10.0. The Labute approximate surface area is 161 Å². The molecule has 0 unspecified atom stereocenters. The molecule has 0 bridgehead atoms. The molecule has 6 nitrogen and oxygen atoms in total. The van der Waals surface area contributed by atoms with E-state index in [2.05, 4.69) is 25.9 Å². The number of amides is 1. The Bertz CT molecular complexity index is 959. The number of aromatic nitrogens is 1. The molecular formula is C18H18BrN3O3S. The summed E-state index contributed by atoms with van der Waals surface area (Å²) in [7, 11) is -3.18. The molecule has 0 spiro atoms. The van der Waals surface area contributed by atoms with Crippen LogP contribution < -0.4 is 4.90 Å². The van der Waals surface area contributed by atoms with Gasteiger partial charge < -0.3 is 4.90 Å². The first-order chi connectivity index (χ1) is 12.4. The highest BCUT2D eigenvalue weighted by Gasteiger charge is 2.26. The Morgan fingerprint density at radius 3 is 2.73 bits per heavy atom. The van der Waals surface area contributed by atoms with Gasteiger partial charge >= 0.3 is 0 Å². The molecule has 0 atom stereocenters. The predicted molar refractivity (Wildman–Crippen MR) is 106 cm³/mol. The number of halogens is 1. The molecular weight excluding hydrogens is 418 g/mol. The van der Waals surface area contributed by atoms with Gasteiger partial charge in [-0.05, 0) is 30.3 Å². The second-order valence-electron chi connectivity index (χ2n) is 5.82. The van der Waals surface area contributed by atoms with Gasteiger partial charge in [-0.25, -0.2) is 8.42 Å². The topological polar surface area (TPSA) is 79.7 Å². The zero-order chi connectivity index (χ0) is 18.7. The van der Waals surface area contributed by atoms with Gasteiger partial charge in [-0.3, -0.25) is 14.8 Å². The third kappa shape index (κ3) is 4.02. The third-order valence-electron chi connectivity index (χ3n) is 4.15. The van der Waals surface area contributed by atoms with Gasteiger partial charge in [0.1, 0.15) is 6.54 Å². The van der Waals surface area contributed by atoms with E-state index in [4.69, 9.17) is 0 Å². The molecule has 26 heavy (non-hydrogen) atoms. The van der Waals surface area contributed by atoms with Gasteiger partial charge in [0.05, 0.1) is 22.8 Å². The van der Waals surface area contributed by atoms with Crippen molar-refractivity contribution in [3.63, 3.8) is 0 Å². The van der Waals surface area contributed by atoms with Crippen molar-refractivity contribution in [2.45, 2.75) is 6.92 Å². The molecule has 136 valence electrons. The average molecular weight is 436 g/mol. The number of rotatable bonds is 5. The first-order valence-corrected chi connectivity index (χ1v) is 10.8. The molecule has 0 radical (unpaired) electrons. The molecule has 0 fully saturated rings. The van der Waals surface area contributed by atoms with E-state index in [0.717, 1.165) is 10.0 Å². The van der Waals surface area contributed by atoms with Crippen molar-refractivity contribution in [2.24, 2.45) is 4.99 Å². The van der Waals surface area contributed by atoms with Gasteiger partial charge in [-0.2, -0.15) is 0 Å². The molecule has 1 aliphatic rings. The summed E-state index contributed by atoms with van der Waals surface area (Å²) in [5.74, 6) is -0.257. The van der Waals surface area contributed by atoms with Crippen LogP contribution in [-0.2, 0) is 14.6 Å². The summed E-state index contributed by atoms with van der Waals surface area (Å²) in [6.45, 7) is 1.66. The van der Waals surface area contributed by atoms with Gasteiger partial charge in [0.2, 0.25) is 5.91 Å². The number of hydrogen-bond donors (Lipinski definition) is 0. The van der Waals surface area contributed by atoms with Crippen molar-refractivity contribution in [3.05, 3.63) is 58.3 Å². The maximum atomic E-state index is 12.6. The summed E-state index contributed by atoms with van der Waals surface area (Å²) in [4.78, 5) is 23.0. The van der Waals surface area contributed by atoms with Crippen LogP contribution in [-0.4, -0.2) is 49.6 Å². The Balaban J connectivity index is 2.06. The highest BCUT2D eigenvalue weighted by Crippen LogP contribution is 2.29. The van der Waals surface area contributed by atoms with E-state index in [1.54, 1.807) is 19.2 Å². The van der Waals surface area contributed by atoms with Crippen LogP contribution in [0, 0.1) is 0 Å².